The summed E-state index contributed by atoms with van der Waals surface area (Å²) in [6.07, 6.45) is -1.27. The Kier molecular flexibility index (Phi) is 3.47. The summed E-state index contributed by atoms with van der Waals surface area (Å²) in [6.45, 7) is 1.81. The van der Waals surface area contributed by atoms with Crippen LogP contribution in [0.1, 0.15) is 18.3 Å². The lowest BCUT2D eigenvalue weighted by molar-refractivity contribution is -0.388. The highest BCUT2D eigenvalue weighted by atomic mass is 19.4. The van der Waals surface area contributed by atoms with Gasteiger partial charge in [-0.1, -0.05) is 6.92 Å². The van der Waals surface area contributed by atoms with Crippen molar-refractivity contribution in [2.45, 2.75) is 19.5 Å². The van der Waals surface area contributed by atoms with Crippen LogP contribution in [0.3, 0.4) is 0 Å². The van der Waals surface area contributed by atoms with Crippen molar-refractivity contribution in [1.29, 1.82) is 0 Å². The van der Waals surface area contributed by atoms with Crippen LogP contribution in [0.15, 0.2) is 30.6 Å². The molecule has 0 aliphatic heterocycles. The molecule has 0 unspecified atom stereocenters. The molecule has 0 saturated carbocycles. The number of nitro groups is 1. The molecule has 1 aromatic heterocycles. The number of hydrogen-bond acceptors (Lipinski definition) is 3. The van der Waals surface area contributed by atoms with E-state index in [0.717, 1.165) is 12.1 Å². The summed E-state index contributed by atoms with van der Waals surface area (Å²) >= 11 is 0. The fraction of sp³-hybridized carbons (Fsp3) is 0.250. The van der Waals surface area contributed by atoms with E-state index in [1.807, 2.05) is 6.92 Å². The molecule has 2 aromatic rings. The Morgan fingerprint density at radius 2 is 2.10 bits per heavy atom. The van der Waals surface area contributed by atoms with Crippen molar-refractivity contribution in [1.82, 2.24) is 9.55 Å². The van der Waals surface area contributed by atoms with Crippen molar-refractivity contribution >= 4 is 5.69 Å². The minimum absolute atomic E-state index is 0.192. The molecule has 0 N–H and O–H groups in total. The molecule has 0 aliphatic rings. The van der Waals surface area contributed by atoms with E-state index in [4.69, 9.17) is 0 Å². The first kappa shape index (κ1) is 14.0. The van der Waals surface area contributed by atoms with Crippen LogP contribution in [0.4, 0.5) is 18.9 Å². The lowest BCUT2D eigenvalue weighted by Crippen LogP contribution is -2.10. The molecule has 5 nitrogen and oxygen atoms in total. The normalized spacial score (nSPS) is 11.6. The number of nitro benzene ring substituents is 1. The number of benzene rings is 1. The molecule has 0 radical (unpaired) electrons. The number of nitrogens with zero attached hydrogens (tertiary/aromatic N) is 3. The monoisotopic (exact) mass is 285 g/mol. The number of rotatable bonds is 3. The van der Waals surface area contributed by atoms with E-state index < -0.39 is 22.4 Å². The summed E-state index contributed by atoms with van der Waals surface area (Å²) in [5.74, 6) is 0.576. The average Bonchev–Trinajstić information content (AvgIpc) is 2.85. The Hall–Kier alpha value is -2.38. The third-order valence-electron chi connectivity index (χ3n) is 2.79. The van der Waals surface area contributed by atoms with Gasteiger partial charge in [0.2, 0.25) is 0 Å². The van der Waals surface area contributed by atoms with Crippen LogP contribution in [0.5, 0.6) is 0 Å². The molecule has 1 heterocycles. The first-order valence-electron chi connectivity index (χ1n) is 5.72. The van der Waals surface area contributed by atoms with Crippen molar-refractivity contribution in [2.24, 2.45) is 0 Å². The zero-order valence-electron chi connectivity index (χ0n) is 10.4. The molecule has 0 atom stereocenters. The van der Waals surface area contributed by atoms with Crippen molar-refractivity contribution < 1.29 is 18.1 Å². The van der Waals surface area contributed by atoms with E-state index in [9.17, 15) is 23.3 Å². The molecule has 20 heavy (non-hydrogen) atoms. The molecule has 8 heteroatoms. The molecular formula is C12H10F3N3O2. The Labute approximate surface area is 111 Å². The summed E-state index contributed by atoms with van der Waals surface area (Å²) in [6, 6.07) is 2.89. The van der Waals surface area contributed by atoms with E-state index in [2.05, 4.69) is 4.98 Å². The highest BCUT2D eigenvalue weighted by Crippen LogP contribution is 2.37. The highest BCUT2D eigenvalue weighted by Gasteiger charge is 2.38. The van der Waals surface area contributed by atoms with Crippen LogP contribution < -0.4 is 0 Å². The summed E-state index contributed by atoms with van der Waals surface area (Å²) in [5.41, 5.74) is -2.03. The lowest BCUT2D eigenvalue weighted by Gasteiger charge is -2.11. The fourth-order valence-electron chi connectivity index (χ4n) is 1.89. The molecule has 0 aliphatic carbocycles. The second-order valence-corrected chi connectivity index (χ2v) is 4.02. The number of aryl methyl sites for hydroxylation is 1. The highest BCUT2D eigenvalue weighted by molar-refractivity contribution is 5.50. The van der Waals surface area contributed by atoms with Gasteiger partial charge in [-0.25, -0.2) is 4.98 Å². The Balaban J connectivity index is 2.61. The fourth-order valence-corrected chi connectivity index (χ4v) is 1.89. The maximum absolute atomic E-state index is 12.9. The maximum atomic E-state index is 12.9. The molecule has 106 valence electrons. The zero-order chi connectivity index (χ0) is 14.9. The van der Waals surface area contributed by atoms with Gasteiger partial charge in [0.25, 0.3) is 5.69 Å². The van der Waals surface area contributed by atoms with Gasteiger partial charge in [0.15, 0.2) is 0 Å². The number of aromatic nitrogens is 2. The molecule has 1 aromatic carbocycles. The summed E-state index contributed by atoms with van der Waals surface area (Å²) in [7, 11) is 0. The predicted molar refractivity (Wildman–Crippen MR) is 64.6 cm³/mol. The second-order valence-electron chi connectivity index (χ2n) is 4.02. The minimum atomic E-state index is -4.79. The molecule has 0 fully saturated rings. The quantitative estimate of drug-likeness (QED) is 0.641. The summed E-state index contributed by atoms with van der Waals surface area (Å²) in [5, 5.41) is 10.7. The van der Waals surface area contributed by atoms with Gasteiger partial charge in [0.05, 0.1) is 4.92 Å². The van der Waals surface area contributed by atoms with E-state index in [-0.39, 0.29) is 5.69 Å². The molecule has 0 amide bonds. The number of imidazole rings is 1. The minimum Gasteiger partial charge on any atom is -0.304 e. The molecule has 0 bridgehead atoms. The zero-order valence-corrected chi connectivity index (χ0v) is 10.4. The SMILES string of the molecule is CCc1nccn1-c1ccc([N+](=O)[O-])c(C(F)(F)F)c1. The van der Waals surface area contributed by atoms with E-state index in [1.165, 1.54) is 23.0 Å². The summed E-state index contributed by atoms with van der Waals surface area (Å²) in [4.78, 5) is 13.6. The van der Waals surface area contributed by atoms with Crippen LogP contribution in [-0.2, 0) is 12.6 Å². The Morgan fingerprint density at radius 1 is 1.40 bits per heavy atom. The van der Waals surface area contributed by atoms with E-state index >= 15 is 0 Å². The summed E-state index contributed by atoms with van der Waals surface area (Å²) < 4.78 is 40.1. The van der Waals surface area contributed by atoms with Gasteiger partial charge in [0, 0.05) is 30.6 Å². The predicted octanol–water partition coefficient (Wildman–Crippen LogP) is 3.36. The van der Waals surface area contributed by atoms with Gasteiger partial charge in [-0.3, -0.25) is 10.1 Å². The van der Waals surface area contributed by atoms with Crippen molar-refractivity contribution in [3.05, 3.63) is 52.1 Å². The first-order valence-corrected chi connectivity index (χ1v) is 5.72. The smallest absolute Gasteiger partial charge is 0.304 e. The molecule has 2 rings (SSSR count). The van der Waals surface area contributed by atoms with E-state index in [0.29, 0.717) is 12.2 Å². The van der Waals surface area contributed by atoms with Crippen molar-refractivity contribution in [2.75, 3.05) is 0 Å². The van der Waals surface area contributed by atoms with Crippen LogP contribution in [-0.4, -0.2) is 14.5 Å². The molecular weight excluding hydrogens is 275 g/mol. The van der Waals surface area contributed by atoms with Crippen LogP contribution >= 0.6 is 0 Å². The van der Waals surface area contributed by atoms with Crippen molar-refractivity contribution in [3.8, 4) is 5.69 Å². The number of alkyl halides is 3. The third-order valence-corrected chi connectivity index (χ3v) is 2.79. The van der Waals surface area contributed by atoms with Gasteiger partial charge >= 0.3 is 6.18 Å². The van der Waals surface area contributed by atoms with Gasteiger partial charge in [-0.15, -0.1) is 0 Å². The van der Waals surface area contributed by atoms with Crippen molar-refractivity contribution in [3.63, 3.8) is 0 Å². The van der Waals surface area contributed by atoms with Gasteiger partial charge in [-0.2, -0.15) is 13.2 Å². The van der Waals surface area contributed by atoms with Gasteiger partial charge in [0.1, 0.15) is 11.4 Å². The van der Waals surface area contributed by atoms with Crippen LogP contribution in [0.25, 0.3) is 5.69 Å². The number of hydrogen-bond donors (Lipinski definition) is 0. The Bertz CT molecular complexity index is 650. The van der Waals surface area contributed by atoms with Gasteiger partial charge in [-0.05, 0) is 12.1 Å². The standard InChI is InChI=1S/C12H10F3N3O2/c1-2-11-16-5-6-17(11)8-3-4-10(18(19)20)9(7-8)12(13,14)15/h3-7H,2H2,1H3. The lowest BCUT2D eigenvalue weighted by atomic mass is 10.1. The van der Waals surface area contributed by atoms with Crippen LogP contribution in [0, 0.1) is 10.1 Å². The topological polar surface area (TPSA) is 61.0 Å². The third kappa shape index (κ3) is 2.49. The first-order chi connectivity index (χ1) is 9.34. The maximum Gasteiger partial charge on any atom is 0.423 e. The van der Waals surface area contributed by atoms with Gasteiger partial charge < -0.3 is 4.57 Å². The largest absolute Gasteiger partial charge is 0.423 e. The van der Waals surface area contributed by atoms with Crippen LogP contribution in [0.2, 0.25) is 0 Å². The second kappa shape index (κ2) is 4.95. The van der Waals surface area contributed by atoms with E-state index in [1.54, 1.807) is 0 Å². The number of halogens is 3. The molecule has 0 saturated heterocycles. The Morgan fingerprint density at radius 3 is 2.65 bits per heavy atom. The average molecular weight is 285 g/mol. The molecule has 0 spiro atoms.